The summed E-state index contributed by atoms with van der Waals surface area (Å²) in [5.41, 5.74) is 0.346. The largest absolute Gasteiger partial charge is 0.315 e. The highest BCUT2D eigenvalue weighted by Gasteiger charge is 2.22. The quantitative estimate of drug-likeness (QED) is 0.730. The van der Waals surface area contributed by atoms with Gasteiger partial charge < -0.3 is 10.2 Å². The van der Waals surface area contributed by atoms with Crippen molar-refractivity contribution in [2.75, 3.05) is 27.7 Å². The molecule has 0 heterocycles. The fourth-order valence-corrected chi connectivity index (χ4v) is 1.16. The summed E-state index contributed by atoms with van der Waals surface area (Å²) < 4.78 is 0. The molecule has 0 radical (unpaired) electrons. The van der Waals surface area contributed by atoms with Crippen LogP contribution in [-0.2, 0) is 0 Å². The number of hydrogen-bond donors (Lipinski definition) is 1. The van der Waals surface area contributed by atoms with Crippen LogP contribution in [0.4, 0.5) is 0 Å². The normalized spacial score (nSPS) is 13.6. The average molecular weight is 188 g/mol. The lowest BCUT2D eigenvalue weighted by atomic mass is 9.86. The van der Waals surface area contributed by atoms with Gasteiger partial charge in [0.25, 0.3) is 0 Å². The minimum absolute atomic E-state index is 0.346. The molecule has 0 aromatic heterocycles. The first-order valence-electron chi connectivity index (χ1n) is 5.20. The predicted octanol–water partition coefficient (Wildman–Crippen LogP) is 2.21. The molecule has 0 bridgehead atoms. The van der Waals surface area contributed by atoms with Crippen molar-refractivity contribution in [1.82, 2.24) is 10.2 Å². The van der Waals surface area contributed by atoms with E-state index in [1.807, 2.05) is 20.9 Å². The zero-order valence-electron chi connectivity index (χ0n) is 10.7. The minimum atomic E-state index is 0.346. The molecule has 0 aromatic carbocycles. The molecule has 0 spiro atoms. The van der Waals surface area contributed by atoms with Crippen molar-refractivity contribution < 1.29 is 0 Å². The molecule has 13 heavy (non-hydrogen) atoms. The SMILES string of the molecule is CC.CNC(CN(C)C)C(C)(C)C. The Bertz CT molecular complexity index is 103. The molecule has 2 heteroatoms. The Hall–Kier alpha value is -0.0800. The monoisotopic (exact) mass is 188 g/mol. The molecule has 82 valence electrons. The van der Waals surface area contributed by atoms with Gasteiger partial charge in [0.05, 0.1) is 0 Å². The van der Waals surface area contributed by atoms with Crippen LogP contribution in [0.15, 0.2) is 0 Å². The van der Waals surface area contributed by atoms with Crippen molar-refractivity contribution in [2.24, 2.45) is 5.41 Å². The maximum absolute atomic E-state index is 3.33. The van der Waals surface area contributed by atoms with Gasteiger partial charge in [-0.2, -0.15) is 0 Å². The molecule has 1 N–H and O–H groups in total. The number of likely N-dealkylation sites (N-methyl/N-ethyl adjacent to an activating group) is 2. The lowest BCUT2D eigenvalue weighted by Gasteiger charge is -2.32. The van der Waals surface area contributed by atoms with E-state index in [9.17, 15) is 0 Å². The summed E-state index contributed by atoms with van der Waals surface area (Å²) in [7, 11) is 6.24. The summed E-state index contributed by atoms with van der Waals surface area (Å²) in [5, 5.41) is 3.33. The smallest absolute Gasteiger partial charge is 0.0240 e. The van der Waals surface area contributed by atoms with Crippen molar-refractivity contribution in [3.8, 4) is 0 Å². The minimum Gasteiger partial charge on any atom is -0.315 e. The van der Waals surface area contributed by atoms with E-state index in [1.54, 1.807) is 0 Å². The Morgan fingerprint density at radius 2 is 1.54 bits per heavy atom. The van der Waals surface area contributed by atoms with E-state index in [1.165, 1.54) is 0 Å². The van der Waals surface area contributed by atoms with Crippen molar-refractivity contribution >= 4 is 0 Å². The molecule has 0 saturated heterocycles. The highest BCUT2D eigenvalue weighted by Crippen LogP contribution is 2.18. The van der Waals surface area contributed by atoms with Crippen LogP contribution >= 0.6 is 0 Å². The lowest BCUT2D eigenvalue weighted by Crippen LogP contribution is -2.45. The Balaban J connectivity index is 0. The molecular weight excluding hydrogens is 160 g/mol. The first kappa shape index (κ1) is 15.4. The lowest BCUT2D eigenvalue weighted by molar-refractivity contribution is 0.222. The highest BCUT2D eigenvalue weighted by molar-refractivity contribution is 4.80. The molecule has 1 unspecified atom stereocenters. The number of hydrogen-bond acceptors (Lipinski definition) is 2. The summed E-state index contributed by atoms with van der Waals surface area (Å²) in [6.45, 7) is 11.9. The summed E-state index contributed by atoms with van der Waals surface area (Å²) >= 11 is 0. The molecule has 1 atom stereocenters. The molecule has 2 nitrogen and oxygen atoms in total. The molecular formula is C11H28N2. The Morgan fingerprint density at radius 3 is 1.62 bits per heavy atom. The van der Waals surface area contributed by atoms with Crippen LogP contribution in [0, 0.1) is 5.41 Å². The molecule has 0 aliphatic heterocycles. The second kappa shape index (κ2) is 7.34. The van der Waals surface area contributed by atoms with Gasteiger partial charge in [-0.15, -0.1) is 0 Å². The maximum Gasteiger partial charge on any atom is 0.0240 e. The predicted molar refractivity (Wildman–Crippen MR) is 62.2 cm³/mol. The maximum atomic E-state index is 3.33. The van der Waals surface area contributed by atoms with Gasteiger partial charge in [-0.3, -0.25) is 0 Å². The van der Waals surface area contributed by atoms with E-state index >= 15 is 0 Å². The van der Waals surface area contributed by atoms with E-state index in [2.05, 4.69) is 45.1 Å². The topological polar surface area (TPSA) is 15.3 Å². The third kappa shape index (κ3) is 8.26. The molecule has 0 saturated carbocycles. The Kier molecular flexibility index (Phi) is 8.69. The van der Waals surface area contributed by atoms with Crippen molar-refractivity contribution in [3.05, 3.63) is 0 Å². The summed E-state index contributed by atoms with van der Waals surface area (Å²) in [6, 6.07) is 0.567. The van der Waals surface area contributed by atoms with Crippen LogP contribution < -0.4 is 5.32 Å². The third-order valence-electron chi connectivity index (χ3n) is 1.94. The van der Waals surface area contributed by atoms with Gasteiger partial charge in [0.2, 0.25) is 0 Å². The van der Waals surface area contributed by atoms with E-state index in [-0.39, 0.29) is 0 Å². The Labute approximate surface area is 84.7 Å². The van der Waals surface area contributed by atoms with Gasteiger partial charge in [-0.25, -0.2) is 0 Å². The fourth-order valence-electron chi connectivity index (χ4n) is 1.16. The van der Waals surface area contributed by atoms with Gasteiger partial charge in [0.1, 0.15) is 0 Å². The van der Waals surface area contributed by atoms with Crippen molar-refractivity contribution in [2.45, 2.75) is 40.7 Å². The molecule has 0 amide bonds. The third-order valence-corrected chi connectivity index (χ3v) is 1.94. The van der Waals surface area contributed by atoms with Crippen molar-refractivity contribution in [3.63, 3.8) is 0 Å². The van der Waals surface area contributed by atoms with Crippen LogP contribution in [0.1, 0.15) is 34.6 Å². The van der Waals surface area contributed by atoms with E-state index < -0.39 is 0 Å². The zero-order valence-corrected chi connectivity index (χ0v) is 10.7. The second-order valence-corrected chi connectivity index (χ2v) is 4.47. The second-order valence-electron chi connectivity index (χ2n) is 4.47. The van der Waals surface area contributed by atoms with Crippen LogP contribution in [0.2, 0.25) is 0 Å². The molecule has 0 fully saturated rings. The average Bonchev–Trinajstić information content (AvgIpc) is 2.01. The molecule has 0 rings (SSSR count). The fraction of sp³-hybridized carbons (Fsp3) is 1.00. The number of nitrogens with zero attached hydrogens (tertiary/aromatic N) is 1. The van der Waals surface area contributed by atoms with Gasteiger partial charge in [-0.1, -0.05) is 34.6 Å². The van der Waals surface area contributed by atoms with E-state index in [0.29, 0.717) is 11.5 Å². The van der Waals surface area contributed by atoms with Gasteiger partial charge >= 0.3 is 0 Å². The zero-order chi connectivity index (χ0) is 11.1. The molecule has 0 aliphatic rings. The van der Waals surface area contributed by atoms with Gasteiger partial charge in [0, 0.05) is 12.6 Å². The summed E-state index contributed by atoms with van der Waals surface area (Å²) in [5.74, 6) is 0. The number of rotatable bonds is 3. The first-order chi connectivity index (χ1) is 5.88. The van der Waals surface area contributed by atoms with Crippen LogP contribution in [-0.4, -0.2) is 38.6 Å². The first-order valence-corrected chi connectivity index (χ1v) is 5.20. The number of nitrogens with one attached hydrogen (secondary N) is 1. The Morgan fingerprint density at radius 1 is 1.15 bits per heavy atom. The highest BCUT2D eigenvalue weighted by atomic mass is 15.1. The summed E-state index contributed by atoms with van der Waals surface area (Å²) in [4.78, 5) is 2.21. The standard InChI is InChI=1S/C9H22N2.C2H6/c1-9(2,3)8(10-4)7-11(5)6;1-2/h8,10H,7H2,1-6H3;1-2H3. The summed E-state index contributed by atoms with van der Waals surface area (Å²) in [6.07, 6.45) is 0. The van der Waals surface area contributed by atoms with Crippen molar-refractivity contribution in [1.29, 1.82) is 0 Å². The van der Waals surface area contributed by atoms with Gasteiger partial charge in [0.15, 0.2) is 0 Å². The van der Waals surface area contributed by atoms with Crippen LogP contribution in [0.3, 0.4) is 0 Å². The van der Waals surface area contributed by atoms with Crippen LogP contribution in [0.5, 0.6) is 0 Å². The van der Waals surface area contributed by atoms with E-state index in [4.69, 9.17) is 0 Å². The van der Waals surface area contributed by atoms with Gasteiger partial charge in [-0.05, 0) is 26.6 Å². The molecule has 0 aromatic rings. The molecule has 0 aliphatic carbocycles. The van der Waals surface area contributed by atoms with E-state index in [0.717, 1.165) is 6.54 Å². The van der Waals surface area contributed by atoms with Crippen LogP contribution in [0.25, 0.3) is 0 Å².